The predicted molar refractivity (Wildman–Crippen MR) is 146 cm³/mol. The fraction of sp³-hybridized carbons (Fsp3) is 0.172. The molecule has 36 heavy (non-hydrogen) atoms. The molecule has 0 aromatic heterocycles. The first kappa shape index (κ1) is 25.3. The number of nitrogens with one attached hydrogen (secondary N) is 1. The largest absolute Gasteiger partial charge is 0.496 e. The van der Waals surface area contributed by atoms with Crippen LogP contribution >= 0.6 is 15.9 Å². The van der Waals surface area contributed by atoms with Gasteiger partial charge in [0.1, 0.15) is 12.4 Å². The summed E-state index contributed by atoms with van der Waals surface area (Å²) < 4.78 is 18.1. The minimum atomic E-state index is -0.359. The lowest BCUT2D eigenvalue weighted by atomic mass is 10.1. The number of hydrogen-bond acceptors (Lipinski definition) is 5. The highest BCUT2D eigenvalue weighted by Gasteiger charge is 2.14. The van der Waals surface area contributed by atoms with E-state index in [0.717, 1.165) is 26.5 Å². The van der Waals surface area contributed by atoms with E-state index in [0.29, 0.717) is 36.0 Å². The molecule has 0 bridgehead atoms. The molecule has 0 aliphatic heterocycles. The summed E-state index contributed by atoms with van der Waals surface area (Å²) in [6.07, 6.45) is 1.56. The predicted octanol–water partition coefficient (Wildman–Crippen LogP) is 6.66. The van der Waals surface area contributed by atoms with Crippen molar-refractivity contribution in [1.29, 1.82) is 0 Å². The smallest absolute Gasteiger partial charge is 0.275 e. The number of ether oxygens (including phenoxy) is 3. The Morgan fingerprint density at radius 1 is 1.00 bits per heavy atom. The standard InChI is InChI=1S/C29H27BrN2O4/c1-4-35-27-16-20(17-31-32-29(33)24-13-12-19(2)14-26(24)34-3)15-25(30)28(27)36-18-22-10-7-9-21-8-5-6-11-23(21)22/h5-17H,4,18H2,1-3H3,(H,32,33)/b31-17-. The second-order valence-corrected chi connectivity index (χ2v) is 8.95. The van der Waals surface area contributed by atoms with Crippen LogP contribution < -0.4 is 19.6 Å². The molecule has 184 valence electrons. The Morgan fingerprint density at radius 3 is 2.61 bits per heavy atom. The summed E-state index contributed by atoms with van der Waals surface area (Å²) in [5, 5.41) is 6.44. The zero-order valence-electron chi connectivity index (χ0n) is 20.4. The summed E-state index contributed by atoms with van der Waals surface area (Å²) in [5.74, 6) is 1.33. The molecule has 0 atom stereocenters. The molecular weight excluding hydrogens is 520 g/mol. The van der Waals surface area contributed by atoms with Crippen molar-refractivity contribution in [3.05, 3.63) is 99.5 Å². The Hall–Kier alpha value is -3.84. The molecule has 0 heterocycles. The molecule has 4 rings (SSSR count). The summed E-state index contributed by atoms with van der Waals surface area (Å²) >= 11 is 3.60. The number of hydrazone groups is 1. The number of halogens is 1. The van der Waals surface area contributed by atoms with Crippen LogP contribution in [0.5, 0.6) is 17.2 Å². The van der Waals surface area contributed by atoms with E-state index < -0.39 is 0 Å². The number of methoxy groups -OCH3 is 1. The molecule has 0 saturated heterocycles. The van der Waals surface area contributed by atoms with E-state index >= 15 is 0 Å². The molecule has 4 aromatic carbocycles. The molecule has 7 heteroatoms. The Labute approximate surface area is 219 Å². The maximum Gasteiger partial charge on any atom is 0.275 e. The number of benzene rings is 4. The van der Waals surface area contributed by atoms with Gasteiger partial charge < -0.3 is 14.2 Å². The molecule has 0 radical (unpaired) electrons. The minimum Gasteiger partial charge on any atom is -0.496 e. The van der Waals surface area contributed by atoms with Crippen LogP contribution in [-0.2, 0) is 6.61 Å². The lowest BCUT2D eigenvalue weighted by Gasteiger charge is -2.15. The zero-order valence-corrected chi connectivity index (χ0v) is 22.0. The molecule has 0 aliphatic carbocycles. The number of hydrogen-bond donors (Lipinski definition) is 1. The van der Waals surface area contributed by atoms with E-state index in [9.17, 15) is 4.79 Å². The van der Waals surface area contributed by atoms with Gasteiger partial charge in [-0.25, -0.2) is 5.43 Å². The topological polar surface area (TPSA) is 69.2 Å². The van der Waals surface area contributed by atoms with Gasteiger partial charge in [0.2, 0.25) is 0 Å². The lowest BCUT2D eigenvalue weighted by Crippen LogP contribution is -2.18. The van der Waals surface area contributed by atoms with Crippen molar-refractivity contribution < 1.29 is 19.0 Å². The van der Waals surface area contributed by atoms with E-state index in [1.165, 1.54) is 12.5 Å². The second kappa shape index (κ2) is 11.7. The number of aryl methyl sites for hydroxylation is 1. The van der Waals surface area contributed by atoms with Crippen molar-refractivity contribution >= 4 is 38.8 Å². The van der Waals surface area contributed by atoms with Crippen molar-refractivity contribution in [3.63, 3.8) is 0 Å². The molecule has 1 N–H and O–H groups in total. The monoisotopic (exact) mass is 546 g/mol. The van der Waals surface area contributed by atoms with Gasteiger partial charge in [0.15, 0.2) is 11.5 Å². The Morgan fingerprint density at radius 2 is 1.81 bits per heavy atom. The van der Waals surface area contributed by atoms with E-state index in [1.807, 2.05) is 50.2 Å². The Balaban J connectivity index is 1.51. The molecule has 0 unspecified atom stereocenters. The third-order valence-corrected chi connectivity index (χ3v) is 6.15. The van der Waals surface area contributed by atoms with E-state index in [4.69, 9.17) is 14.2 Å². The van der Waals surface area contributed by atoms with Gasteiger partial charge in [-0.2, -0.15) is 5.10 Å². The Bertz CT molecular complexity index is 1410. The average Bonchev–Trinajstić information content (AvgIpc) is 2.88. The van der Waals surface area contributed by atoms with Gasteiger partial charge >= 0.3 is 0 Å². The number of carbonyl (C=O) groups is 1. The average molecular weight is 547 g/mol. The highest BCUT2D eigenvalue weighted by atomic mass is 79.9. The van der Waals surface area contributed by atoms with E-state index in [-0.39, 0.29) is 5.91 Å². The normalized spacial score (nSPS) is 11.0. The SMILES string of the molecule is CCOc1cc(/C=N\NC(=O)c2ccc(C)cc2OC)cc(Br)c1OCc1cccc2ccccc12. The van der Waals surface area contributed by atoms with Gasteiger partial charge in [0.05, 0.1) is 30.0 Å². The third kappa shape index (κ3) is 5.86. The van der Waals surface area contributed by atoms with Crippen LogP contribution in [0.1, 0.15) is 34.0 Å². The first-order chi connectivity index (χ1) is 17.5. The molecule has 6 nitrogen and oxygen atoms in total. The minimum absolute atomic E-state index is 0.359. The van der Waals surface area contributed by atoms with E-state index in [2.05, 4.69) is 50.7 Å². The third-order valence-electron chi connectivity index (χ3n) is 5.57. The molecule has 0 spiro atoms. The van der Waals surface area contributed by atoms with Gasteiger partial charge in [-0.3, -0.25) is 4.79 Å². The van der Waals surface area contributed by atoms with Crippen molar-refractivity contribution in [2.45, 2.75) is 20.5 Å². The summed E-state index contributed by atoms with van der Waals surface area (Å²) in [6, 6.07) is 23.5. The number of nitrogens with zero attached hydrogens (tertiary/aromatic N) is 1. The number of fused-ring (bicyclic) bond motifs is 1. The summed E-state index contributed by atoms with van der Waals surface area (Å²) in [5.41, 5.74) is 5.79. The van der Waals surface area contributed by atoms with Crippen LogP contribution in [0.25, 0.3) is 10.8 Å². The maximum atomic E-state index is 12.6. The van der Waals surface area contributed by atoms with Gasteiger partial charge in [0, 0.05) is 0 Å². The highest BCUT2D eigenvalue weighted by molar-refractivity contribution is 9.10. The van der Waals surface area contributed by atoms with Crippen LogP contribution in [0.15, 0.2) is 82.4 Å². The van der Waals surface area contributed by atoms with Crippen LogP contribution in [-0.4, -0.2) is 25.8 Å². The summed E-state index contributed by atoms with van der Waals surface area (Å²) in [7, 11) is 1.53. The molecule has 0 fully saturated rings. The fourth-order valence-corrected chi connectivity index (χ4v) is 4.42. The first-order valence-electron chi connectivity index (χ1n) is 11.5. The molecular formula is C29H27BrN2O4. The van der Waals surface area contributed by atoms with Gasteiger partial charge in [-0.05, 0) is 81.5 Å². The Kier molecular flexibility index (Phi) is 8.23. The van der Waals surface area contributed by atoms with Crippen LogP contribution in [0.2, 0.25) is 0 Å². The van der Waals surface area contributed by atoms with Gasteiger partial charge in [-0.15, -0.1) is 0 Å². The van der Waals surface area contributed by atoms with Crippen molar-refractivity contribution in [3.8, 4) is 17.2 Å². The van der Waals surface area contributed by atoms with Crippen molar-refractivity contribution in [2.24, 2.45) is 5.10 Å². The molecule has 4 aromatic rings. The van der Waals surface area contributed by atoms with Crippen molar-refractivity contribution in [2.75, 3.05) is 13.7 Å². The number of amides is 1. The fourth-order valence-electron chi connectivity index (χ4n) is 3.85. The number of rotatable bonds is 9. The van der Waals surface area contributed by atoms with E-state index in [1.54, 1.807) is 18.3 Å². The second-order valence-electron chi connectivity index (χ2n) is 8.09. The quantitative estimate of drug-likeness (QED) is 0.188. The van der Waals surface area contributed by atoms with Gasteiger partial charge in [-0.1, -0.05) is 48.5 Å². The van der Waals surface area contributed by atoms with Gasteiger partial charge in [0.25, 0.3) is 5.91 Å². The molecule has 0 aliphatic rings. The van der Waals surface area contributed by atoms with Crippen LogP contribution in [0, 0.1) is 6.92 Å². The first-order valence-corrected chi connectivity index (χ1v) is 12.3. The van der Waals surface area contributed by atoms with Crippen molar-refractivity contribution in [1.82, 2.24) is 5.43 Å². The maximum absolute atomic E-state index is 12.6. The van der Waals surface area contributed by atoms with Crippen LogP contribution in [0.3, 0.4) is 0 Å². The molecule has 1 amide bonds. The zero-order chi connectivity index (χ0) is 25.5. The number of carbonyl (C=O) groups excluding carboxylic acids is 1. The lowest BCUT2D eigenvalue weighted by molar-refractivity contribution is 0.0952. The summed E-state index contributed by atoms with van der Waals surface area (Å²) in [6.45, 7) is 4.72. The summed E-state index contributed by atoms with van der Waals surface area (Å²) in [4.78, 5) is 12.6. The highest BCUT2D eigenvalue weighted by Crippen LogP contribution is 2.37. The van der Waals surface area contributed by atoms with Crippen LogP contribution in [0.4, 0.5) is 0 Å². The molecule has 0 saturated carbocycles.